The number of nitrogen functional groups attached to an aromatic ring is 2. The third-order valence-corrected chi connectivity index (χ3v) is 11.3. The SMILES string of the molecule is CCOC(=O)C(=O)/C=C(\C)OCC.CCOC(=O)C(=O)CC(C)=O.CCOC(=O)C1=CC(C)=C(C#N)C(=O)C1.CCOC(=O)c1cc(C)c(C#N)c(OC)n1.COc1nc(C(=O)O)cc(C)c1C#N.COc1nc(N)cc(C)c1C#N.COc1nc(N)cc(C)c1CN.[C-]#[N+]CC(N)=O. The lowest BCUT2D eigenvalue weighted by Gasteiger charge is -2.11. The lowest BCUT2D eigenvalue weighted by molar-refractivity contribution is -0.154. The largest absolute Gasteiger partial charge is 0.498 e. The van der Waals surface area contributed by atoms with Gasteiger partial charge in [-0.1, -0.05) is 0 Å². The zero-order valence-corrected chi connectivity index (χ0v) is 57.9. The summed E-state index contributed by atoms with van der Waals surface area (Å²) in [5.41, 5.74) is 27.0. The smallest absolute Gasteiger partial charge is 0.379 e. The van der Waals surface area contributed by atoms with E-state index in [1.165, 1.54) is 46.5 Å². The number of aromatic nitrogens is 4. The summed E-state index contributed by atoms with van der Waals surface area (Å²) >= 11 is 0. The van der Waals surface area contributed by atoms with Crippen molar-refractivity contribution >= 4 is 70.5 Å². The number of ether oxygens (including phenoxy) is 9. The molecule has 0 aliphatic heterocycles. The maximum atomic E-state index is 11.4. The van der Waals surface area contributed by atoms with E-state index in [0.29, 0.717) is 69.8 Å². The van der Waals surface area contributed by atoms with Gasteiger partial charge in [-0.2, -0.15) is 31.0 Å². The van der Waals surface area contributed by atoms with E-state index < -0.39 is 47.3 Å². The summed E-state index contributed by atoms with van der Waals surface area (Å²) in [6.07, 6.45) is 2.26. The first-order chi connectivity index (χ1) is 46.7. The second kappa shape index (κ2) is 49.9. The molecule has 1 aliphatic rings. The molecule has 0 spiro atoms. The van der Waals surface area contributed by atoms with E-state index in [-0.39, 0.29) is 97.5 Å². The Hall–Kier alpha value is -12.7. The van der Waals surface area contributed by atoms with Crippen LogP contribution in [0.2, 0.25) is 0 Å². The van der Waals surface area contributed by atoms with Gasteiger partial charge in [0.15, 0.2) is 17.2 Å². The van der Waals surface area contributed by atoms with E-state index in [4.69, 9.17) is 83.1 Å². The number of primary amides is 1. The molecule has 4 aromatic heterocycles. The first-order valence-electron chi connectivity index (χ1n) is 29.0. The summed E-state index contributed by atoms with van der Waals surface area (Å²) in [5, 5.41) is 43.7. The number of hydrogen-bond acceptors (Lipinski definition) is 30. The number of rotatable bonds is 20. The number of nitrogens with two attached hydrogens (primary N) is 4. The Balaban J connectivity index is -0.00000107. The molecule has 1 aliphatic carbocycles. The van der Waals surface area contributed by atoms with E-state index in [1.54, 1.807) is 88.5 Å². The fraction of sp³-hybridized carbons (Fsp3) is 0.379. The van der Waals surface area contributed by atoms with Gasteiger partial charge in [-0.15, -0.1) is 0 Å². The van der Waals surface area contributed by atoms with Crippen LogP contribution >= 0.6 is 0 Å². The topological polar surface area (TPSA) is 529 Å². The number of carbonyl (C=O) groups excluding carboxylic acids is 9. The third kappa shape index (κ3) is 34.4. The number of carbonyl (C=O) groups is 10. The molecule has 33 heteroatoms. The fourth-order valence-corrected chi connectivity index (χ4v) is 7.01. The molecule has 9 N–H and O–H groups in total. The molecular formula is C66H81N13O20. The first kappa shape index (κ1) is 90.5. The Labute approximate surface area is 572 Å². The molecule has 4 heterocycles. The number of amides is 1. The van der Waals surface area contributed by atoms with E-state index in [0.717, 1.165) is 22.8 Å². The van der Waals surface area contributed by atoms with Crippen molar-refractivity contribution in [1.29, 1.82) is 21.0 Å². The number of pyridine rings is 4. The Morgan fingerprint density at radius 1 is 0.596 bits per heavy atom. The molecule has 99 heavy (non-hydrogen) atoms. The van der Waals surface area contributed by atoms with Crippen molar-refractivity contribution in [2.45, 2.75) is 102 Å². The van der Waals surface area contributed by atoms with Crippen LogP contribution in [0.3, 0.4) is 0 Å². The Morgan fingerprint density at radius 2 is 1.01 bits per heavy atom. The number of carboxylic acids is 1. The molecule has 0 unspecified atom stereocenters. The zero-order chi connectivity index (χ0) is 76.7. The average molecular weight is 1380 g/mol. The number of aromatic carboxylic acids is 1. The number of nitriles is 4. The van der Waals surface area contributed by atoms with Gasteiger partial charge in [0.25, 0.3) is 18.2 Å². The van der Waals surface area contributed by atoms with Crippen LogP contribution in [0.1, 0.15) is 134 Å². The minimum absolute atomic E-state index is 0.0426. The van der Waals surface area contributed by atoms with Crippen molar-refractivity contribution in [2.24, 2.45) is 11.5 Å². The normalized spacial score (nSPS) is 10.3. The van der Waals surface area contributed by atoms with Crippen molar-refractivity contribution in [3.63, 3.8) is 0 Å². The summed E-state index contributed by atoms with van der Waals surface area (Å²) in [6.45, 7) is 27.7. The summed E-state index contributed by atoms with van der Waals surface area (Å²) in [7, 11) is 5.76. The summed E-state index contributed by atoms with van der Waals surface area (Å²) < 4.78 is 43.1. The highest BCUT2D eigenvalue weighted by Crippen LogP contribution is 2.24. The Morgan fingerprint density at radius 3 is 1.39 bits per heavy atom. The van der Waals surface area contributed by atoms with Gasteiger partial charge < -0.3 is 75.5 Å². The van der Waals surface area contributed by atoms with Crippen LogP contribution in [0.5, 0.6) is 23.5 Å². The predicted molar refractivity (Wildman–Crippen MR) is 353 cm³/mol. The number of esters is 4. The Kier molecular flexibility index (Phi) is 45.6. The zero-order valence-electron chi connectivity index (χ0n) is 57.9. The molecule has 4 aromatic rings. The van der Waals surface area contributed by atoms with Crippen LogP contribution in [0.4, 0.5) is 11.6 Å². The van der Waals surface area contributed by atoms with Gasteiger partial charge in [-0.25, -0.2) is 40.5 Å². The van der Waals surface area contributed by atoms with Crippen molar-refractivity contribution < 1.29 is 95.7 Å². The molecule has 5 rings (SSSR count). The van der Waals surface area contributed by atoms with Gasteiger partial charge in [0, 0.05) is 30.2 Å². The highest BCUT2D eigenvalue weighted by atomic mass is 16.6. The van der Waals surface area contributed by atoms with E-state index >= 15 is 0 Å². The second-order valence-electron chi connectivity index (χ2n) is 18.8. The summed E-state index contributed by atoms with van der Waals surface area (Å²) in [6, 6.07) is 14.0. The molecule has 0 saturated carbocycles. The van der Waals surface area contributed by atoms with Crippen LogP contribution in [-0.2, 0) is 68.6 Å². The molecule has 33 nitrogen and oxygen atoms in total. The number of carboxylic acid groups (broad SMARTS) is 1. The Bertz CT molecular complexity index is 3840. The van der Waals surface area contributed by atoms with Crippen LogP contribution < -0.4 is 41.9 Å². The number of Topliss-reactive ketones (excluding diaryl/α,β-unsaturated/α-hetero) is 3. The summed E-state index contributed by atoms with van der Waals surface area (Å²) in [4.78, 5) is 126. The molecule has 0 aromatic carbocycles. The number of hydrogen-bond donors (Lipinski definition) is 5. The molecule has 0 atom stereocenters. The molecular weight excluding hydrogens is 1290 g/mol. The number of nitrogens with zero attached hydrogens (tertiary/aromatic N) is 9. The third-order valence-electron chi connectivity index (χ3n) is 11.3. The van der Waals surface area contributed by atoms with Gasteiger partial charge in [0.05, 0.1) is 79.2 Å². The van der Waals surface area contributed by atoms with Crippen LogP contribution in [0.25, 0.3) is 4.85 Å². The minimum atomic E-state index is -1.14. The monoisotopic (exact) mass is 1380 g/mol. The van der Waals surface area contributed by atoms with Gasteiger partial charge in [0.1, 0.15) is 58.4 Å². The van der Waals surface area contributed by atoms with Gasteiger partial charge in [-0.3, -0.25) is 24.0 Å². The lowest BCUT2D eigenvalue weighted by Crippen LogP contribution is -2.19. The molecule has 1 amide bonds. The van der Waals surface area contributed by atoms with Crippen molar-refractivity contribution in [2.75, 3.05) is 79.5 Å². The first-order valence-corrected chi connectivity index (χ1v) is 29.0. The number of aryl methyl sites for hydroxylation is 4. The van der Waals surface area contributed by atoms with Gasteiger partial charge >= 0.3 is 29.8 Å². The van der Waals surface area contributed by atoms with Crippen LogP contribution in [-0.4, -0.2) is 152 Å². The lowest BCUT2D eigenvalue weighted by atomic mass is 9.93. The van der Waals surface area contributed by atoms with E-state index in [2.05, 4.69) is 40.0 Å². The highest BCUT2D eigenvalue weighted by molar-refractivity contribution is 6.38. The van der Waals surface area contributed by atoms with E-state index in [9.17, 15) is 47.9 Å². The quantitative estimate of drug-likeness (QED) is 0.0138. The molecule has 530 valence electrons. The fourth-order valence-electron chi connectivity index (χ4n) is 7.01. The van der Waals surface area contributed by atoms with Gasteiger partial charge in [0.2, 0.25) is 29.3 Å². The maximum absolute atomic E-state index is 11.4. The van der Waals surface area contributed by atoms with Crippen LogP contribution in [0.15, 0.2) is 58.9 Å². The molecule has 0 fully saturated rings. The number of methoxy groups -OCH3 is 4. The summed E-state index contributed by atoms with van der Waals surface area (Å²) in [5.74, 6) is -4.36. The van der Waals surface area contributed by atoms with E-state index in [1.807, 2.05) is 31.2 Å². The predicted octanol–water partition coefficient (Wildman–Crippen LogP) is 5.54. The van der Waals surface area contributed by atoms with Gasteiger partial charge in [-0.05, 0) is 141 Å². The minimum Gasteiger partial charge on any atom is -0.498 e. The second-order valence-corrected chi connectivity index (χ2v) is 18.8. The average Bonchev–Trinajstić information content (AvgIpc) is 0.869. The van der Waals surface area contributed by atoms with Crippen LogP contribution in [0, 0.1) is 79.6 Å². The molecule has 0 saturated heterocycles. The van der Waals surface area contributed by atoms with Crippen molar-refractivity contribution in [3.05, 3.63) is 126 Å². The molecule has 0 radical (unpaired) electrons. The number of ketones is 4. The molecule has 0 bridgehead atoms. The standard InChI is InChI=1S/C11H12N2O3.C11H11NO3.C9H8N2O3.C9H14O4.C8H13N3O.C8H9N3O.C7H10O4.C3H4N2O/c1-4-16-11(14)9-5-7(2)8(6-12)10(13-9)15-3;1-3-15-11(14)8-4-7(2)9(6-12)10(13)5-8;1-5-3-7(9(12)13)11-8(14-2)6(5)4-10;1-4-12-7(3)6-8(10)9(11)13-5-2;2*1-5-3-7(10)11-8(12-2)6(5)4-9;1-3-11-7(10)6(9)4-5(2)8;1-5-2-3(4)6/h5H,4H2,1-3H3;4H,3,5H2,1-2H3;3H,1-2H3,(H,12,13);6H,4-5H2,1-3H3;3H,4,9H2,1-2H3,(H2,10,11);3H,1-2H3,(H2,10,11);3-4H2,1-2H3;2H2,(H2,4,6)/b;;;7-6+;;;;. The van der Waals surface area contributed by atoms with Crippen molar-refractivity contribution in [3.8, 4) is 47.8 Å². The maximum Gasteiger partial charge on any atom is 0.379 e. The van der Waals surface area contributed by atoms with Crippen molar-refractivity contribution in [1.82, 2.24) is 19.9 Å². The number of anilines is 2. The highest BCUT2D eigenvalue weighted by Gasteiger charge is 2.24. The number of allylic oxidation sites excluding steroid dienone is 4.